The van der Waals surface area contributed by atoms with Crippen LogP contribution in [0.3, 0.4) is 0 Å². The van der Waals surface area contributed by atoms with Crippen molar-refractivity contribution in [2.75, 3.05) is 5.32 Å². The van der Waals surface area contributed by atoms with Gasteiger partial charge in [0.15, 0.2) is 5.65 Å². The zero-order chi connectivity index (χ0) is 21.8. The highest BCUT2D eigenvalue weighted by atomic mass is 16.5. The molecule has 0 spiro atoms. The number of nitrogens with zero attached hydrogens (tertiary/aromatic N) is 2. The number of aromatic nitrogens is 2. The van der Waals surface area contributed by atoms with Crippen LogP contribution in [0.5, 0.6) is 5.75 Å². The molecule has 31 heavy (non-hydrogen) atoms. The molecule has 0 fully saturated rings. The molecular formula is C24H21N3O4. The quantitative estimate of drug-likeness (QED) is 0.479. The fourth-order valence-electron chi connectivity index (χ4n) is 3.05. The molecule has 0 unspecified atom stereocenters. The Balaban J connectivity index is 1.45. The van der Waals surface area contributed by atoms with E-state index in [0.717, 1.165) is 15.7 Å². The van der Waals surface area contributed by atoms with Crippen LogP contribution in [0.2, 0.25) is 0 Å². The van der Waals surface area contributed by atoms with Crippen LogP contribution in [0.1, 0.15) is 22.6 Å². The van der Waals surface area contributed by atoms with Crippen LogP contribution in [0.4, 0.5) is 5.69 Å². The molecule has 0 bridgehead atoms. The summed E-state index contributed by atoms with van der Waals surface area (Å²) in [6.07, 6.45) is 3.23. The summed E-state index contributed by atoms with van der Waals surface area (Å²) in [6, 6.07) is 18.1. The molecule has 2 heterocycles. The summed E-state index contributed by atoms with van der Waals surface area (Å²) in [6.45, 7) is 3.77. The summed E-state index contributed by atoms with van der Waals surface area (Å²) in [7, 11) is 0. The molecule has 2 aromatic heterocycles. The maximum Gasteiger partial charge on any atom is 0.287 e. The largest absolute Gasteiger partial charge is 0.487 e. The first kappa shape index (κ1) is 20.2. The summed E-state index contributed by atoms with van der Waals surface area (Å²) in [4.78, 5) is 28.8. The number of carbonyl (C=O) groups excluding carboxylic acids is 1. The van der Waals surface area contributed by atoms with Crippen molar-refractivity contribution in [1.82, 2.24) is 9.56 Å². The van der Waals surface area contributed by atoms with Crippen molar-refractivity contribution in [1.29, 1.82) is 0 Å². The van der Waals surface area contributed by atoms with Crippen LogP contribution in [-0.4, -0.2) is 15.5 Å². The molecule has 0 aliphatic carbocycles. The van der Waals surface area contributed by atoms with Gasteiger partial charge < -0.3 is 14.6 Å². The van der Waals surface area contributed by atoms with Gasteiger partial charge in [-0.15, -0.1) is 4.57 Å². The van der Waals surface area contributed by atoms with Crippen molar-refractivity contribution in [2.45, 2.75) is 20.5 Å². The molecule has 0 aliphatic rings. The fourth-order valence-corrected chi connectivity index (χ4v) is 3.05. The number of ether oxygens (including phenoxy) is 1. The van der Waals surface area contributed by atoms with E-state index in [2.05, 4.69) is 10.3 Å². The van der Waals surface area contributed by atoms with Gasteiger partial charge in [-0.05, 0) is 37.1 Å². The summed E-state index contributed by atoms with van der Waals surface area (Å²) >= 11 is 0. The molecule has 0 atom stereocenters. The molecule has 1 amide bonds. The second-order valence-corrected chi connectivity index (χ2v) is 7.09. The predicted molar refractivity (Wildman–Crippen MR) is 118 cm³/mol. The number of anilines is 1. The van der Waals surface area contributed by atoms with Crippen LogP contribution >= 0.6 is 0 Å². The second kappa shape index (κ2) is 8.71. The lowest BCUT2D eigenvalue weighted by molar-refractivity contribution is -0.111. The zero-order valence-electron chi connectivity index (χ0n) is 17.2. The smallest absolute Gasteiger partial charge is 0.287 e. The van der Waals surface area contributed by atoms with Gasteiger partial charge in [0.1, 0.15) is 18.1 Å². The highest BCUT2D eigenvalue weighted by molar-refractivity contribution is 6.02. The van der Waals surface area contributed by atoms with E-state index in [4.69, 9.17) is 9.26 Å². The number of rotatable bonds is 6. The van der Waals surface area contributed by atoms with Crippen molar-refractivity contribution in [2.24, 2.45) is 0 Å². The number of benzene rings is 2. The first-order valence-corrected chi connectivity index (χ1v) is 9.75. The molecule has 4 aromatic rings. The maximum absolute atomic E-state index is 12.2. The van der Waals surface area contributed by atoms with E-state index in [1.165, 1.54) is 12.1 Å². The molecular weight excluding hydrogens is 394 g/mol. The molecule has 7 heteroatoms. The number of fused-ring (bicyclic) bond motifs is 1. The van der Waals surface area contributed by atoms with Crippen LogP contribution in [-0.2, 0) is 11.4 Å². The van der Waals surface area contributed by atoms with Gasteiger partial charge in [-0.3, -0.25) is 9.59 Å². The average molecular weight is 415 g/mol. The van der Waals surface area contributed by atoms with Gasteiger partial charge in [0.25, 0.3) is 5.56 Å². The van der Waals surface area contributed by atoms with Gasteiger partial charge in [0, 0.05) is 30.0 Å². The van der Waals surface area contributed by atoms with Crippen molar-refractivity contribution in [3.8, 4) is 5.75 Å². The van der Waals surface area contributed by atoms with Crippen molar-refractivity contribution in [3.05, 3.63) is 99.7 Å². The van der Waals surface area contributed by atoms with E-state index >= 15 is 0 Å². The Morgan fingerprint density at radius 2 is 1.94 bits per heavy atom. The summed E-state index contributed by atoms with van der Waals surface area (Å²) < 4.78 is 12.3. The third-order valence-corrected chi connectivity index (χ3v) is 4.58. The van der Waals surface area contributed by atoms with E-state index in [-0.39, 0.29) is 18.1 Å². The molecule has 0 aliphatic heterocycles. The van der Waals surface area contributed by atoms with E-state index in [1.54, 1.807) is 31.2 Å². The maximum atomic E-state index is 12.2. The predicted octanol–water partition coefficient (Wildman–Crippen LogP) is 4.14. The Bertz CT molecular complexity index is 1320. The number of hydrogen-bond acceptors (Lipinski definition) is 5. The topological polar surface area (TPSA) is 85.8 Å². The van der Waals surface area contributed by atoms with Crippen molar-refractivity contribution >= 4 is 23.3 Å². The number of amides is 1. The highest BCUT2D eigenvalue weighted by Gasteiger charge is 2.09. The second-order valence-electron chi connectivity index (χ2n) is 7.09. The minimum Gasteiger partial charge on any atom is -0.487 e. The van der Waals surface area contributed by atoms with Gasteiger partial charge >= 0.3 is 0 Å². The van der Waals surface area contributed by atoms with Crippen molar-refractivity contribution < 1.29 is 14.1 Å². The van der Waals surface area contributed by atoms with Crippen molar-refractivity contribution in [3.63, 3.8) is 0 Å². The SMILES string of the molecule is Cc1cc2nc(COc3cc(NC(=O)C=Cc4ccccc4)ccc3C)cc(=O)n2o1. The van der Waals surface area contributed by atoms with E-state index in [0.29, 0.717) is 28.5 Å². The third-order valence-electron chi connectivity index (χ3n) is 4.58. The van der Waals surface area contributed by atoms with Gasteiger partial charge in [0.05, 0.1) is 5.69 Å². The molecule has 1 N–H and O–H groups in total. The Hall–Kier alpha value is -4.13. The minimum atomic E-state index is -0.306. The van der Waals surface area contributed by atoms with Crippen LogP contribution in [0.25, 0.3) is 11.7 Å². The Morgan fingerprint density at radius 3 is 2.74 bits per heavy atom. The standard InChI is InChI=1S/C24H21N3O4/c1-16-8-10-19(26-23(28)11-9-18-6-4-3-5-7-18)13-21(16)30-15-20-14-24(29)27-22(25-20)12-17(2)31-27/h3-14H,15H2,1-2H3,(H,26,28). The summed E-state index contributed by atoms with van der Waals surface area (Å²) in [5.74, 6) is 0.951. The summed E-state index contributed by atoms with van der Waals surface area (Å²) in [5.41, 5.74) is 3.07. The highest BCUT2D eigenvalue weighted by Crippen LogP contribution is 2.23. The number of aryl methyl sites for hydroxylation is 2. The molecule has 0 saturated heterocycles. The number of nitrogens with one attached hydrogen (secondary N) is 1. The Labute approximate surface area is 178 Å². The molecule has 0 saturated carbocycles. The number of hydrogen-bond donors (Lipinski definition) is 1. The van der Waals surface area contributed by atoms with Gasteiger partial charge in [-0.1, -0.05) is 36.4 Å². The average Bonchev–Trinajstić information content (AvgIpc) is 3.14. The molecule has 7 nitrogen and oxygen atoms in total. The monoisotopic (exact) mass is 415 g/mol. The fraction of sp³-hybridized carbons (Fsp3) is 0.125. The van der Waals surface area contributed by atoms with E-state index in [1.807, 2.05) is 43.3 Å². The van der Waals surface area contributed by atoms with E-state index in [9.17, 15) is 9.59 Å². The van der Waals surface area contributed by atoms with Gasteiger partial charge in [-0.2, -0.15) is 0 Å². The lowest BCUT2D eigenvalue weighted by Crippen LogP contribution is -2.14. The molecule has 156 valence electrons. The van der Waals surface area contributed by atoms with Gasteiger partial charge in [0.2, 0.25) is 5.91 Å². The van der Waals surface area contributed by atoms with E-state index < -0.39 is 0 Å². The zero-order valence-corrected chi connectivity index (χ0v) is 17.2. The lowest BCUT2D eigenvalue weighted by atomic mass is 10.2. The molecule has 0 radical (unpaired) electrons. The Kier molecular flexibility index (Phi) is 5.66. The van der Waals surface area contributed by atoms with Crippen LogP contribution < -0.4 is 15.6 Å². The lowest BCUT2D eigenvalue weighted by Gasteiger charge is -2.11. The van der Waals surface area contributed by atoms with Gasteiger partial charge in [-0.25, -0.2) is 4.98 Å². The normalized spacial score (nSPS) is 11.2. The summed E-state index contributed by atoms with van der Waals surface area (Å²) in [5, 5.41) is 2.83. The third kappa shape index (κ3) is 4.90. The number of carbonyl (C=O) groups is 1. The van der Waals surface area contributed by atoms with Crippen LogP contribution in [0, 0.1) is 13.8 Å². The minimum absolute atomic E-state index is 0.113. The first-order chi connectivity index (χ1) is 15.0. The first-order valence-electron chi connectivity index (χ1n) is 9.75. The molecule has 2 aromatic carbocycles. The molecule has 4 rings (SSSR count). The van der Waals surface area contributed by atoms with Crippen LogP contribution in [0.15, 0.2) is 76.1 Å². The Morgan fingerprint density at radius 1 is 1.13 bits per heavy atom.